The van der Waals surface area contributed by atoms with E-state index in [0.29, 0.717) is 17.3 Å². The van der Waals surface area contributed by atoms with Crippen LogP contribution in [-0.2, 0) is 4.79 Å². The predicted molar refractivity (Wildman–Crippen MR) is 101 cm³/mol. The maximum absolute atomic E-state index is 13.2. The summed E-state index contributed by atoms with van der Waals surface area (Å²) in [5.74, 6) is 0.386. The van der Waals surface area contributed by atoms with Crippen LogP contribution >= 0.6 is 11.6 Å². The Kier molecular flexibility index (Phi) is 6.47. The fourth-order valence-corrected chi connectivity index (χ4v) is 3.18. The number of rotatable bonds is 6. The van der Waals surface area contributed by atoms with Crippen LogP contribution in [0.3, 0.4) is 0 Å². The van der Waals surface area contributed by atoms with Crippen LogP contribution in [0.5, 0.6) is 5.75 Å². The molecule has 0 unspecified atom stereocenters. The van der Waals surface area contributed by atoms with Crippen LogP contribution < -0.4 is 10.1 Å². The maximum Gasteiger partial charge on any atom is 0.227 e. The molecule has 6 heteroatoms. The molecule has 0 atom stereocenters. The number of halogens is 2. The van der Waals surface area contributed by atoms with Gasteiger partial charge in [0.1, 0.15) is 18.2 Å². The third-order valence-electron chi connectivity index (χ3n) is 4.54. The zero-order valence-electron chi connectivity index (χ0n) is 14.5. The SMILES string of the molecule is O=C(Nc1cccc(F)c1)C1CCN(CCOc2ccc(Cl)cc2)CC1. The van der Waals surface area contributed by atoms with E-state index in [-0.39, 0.29) is 17.6 Å². The molecule has 0 radical (unpaired) electrons. The first kappa shape index (κ1) is 18.7. The molecule has 2 aromatic rings. The number of carbonyl (C=O) groups excluding carboxylic acids is 1. The van der Waals surface area contributed by atoms with Crippen LogP contribution in [-0.4, -0.2) is 37.0 Å². The molecule has 1 saturated heterocycles. The first-order chi connectivity index (χ1) is 12.6. The number of carbonyl (C=O) groups is 1. The van der Waals surface area contributed by atoms with E-state index in [1.165, 1.54) is 12.1 Å². The molecule has 0 saturated carbocycles. The van der Waals surface area contributed by atoms with Crippen molar-refractivity contribution in [3.8, 4) is 5.75 Å². The number of nitrogens with zero attached hydrogens (tertiary/aromatic N) is 1. The number of piperidine rings is 1. The number of hydrogen-bond donors (Lipinski definition) is 1. The van der Waals surface area contributed by atoms with Crippen molar-refractivity contribution in [1.29, 1.82) is 0 Å². The van der Waals surface area contributed by atoms with Crippen molar-refractivity contribution in [1.82, 2.24) is 4.90 Å². The molecular formula is C20H22ClFN2O2. The van der Waals surface area contributed by atoms with Gasteiger partial charge in [-0.2, -0.15) is 0 Å². The van der Waals surface area contributed by atoms with Crippen LogP contribution in [0.1, 0.15) is 12.8 Å². The standard InChI is InChI=1S/C20H22ClFN2O2/c21-16-4-6-19(7-5-16)26-13-12-24-10-8-15(9-11-24)20(25)23-18-3-1-2-17(22)14-18/h1-7,14-15H,8-13H2,(H,23,25). The Bertz CT molecular complexity index is 731. The summed E-state index contributed by atoms with van der Waals surface area (Å²) >= 11 is 5.85. The average molecular weight is 377 g/mol. The van der Waals surface area contributed by atoms with Crippen molar-refractivity contribution in [3.63, 3.8) is 0 Å². The molecule has 3 rings (SSSR count). The van der Waals surface area contributed by atoms with E-state index in [0.717, 1.165) is 38.2 Å². The second-order valence-corrected chi connectivity index (χ2v) is 6.85. The molecule has 1 heterocycles. The van der Waals surface area contributed by atoms with Gasteiger partial charge in [0, 0.05) is 23.2 Å². The smallest absolute Gasteiger partial charge is 0.227 e. The number of benzene rings is 2. The van der Waals surface area contributed by atoms with Crippen LogP contribution in [0.25, 0.3) is 0 Å². The molecule has 0 aliphatic carbocycles. The number of nitrogens with one attached hydrogen (secondary N) is 1. The Hall–Kier alpha value is -2.11. The molecule has 2 aromatic carbocycles. The minimum absolute atomic E-state index is 0.0346. The van der Waals surface area contributed by atoms with Crippen LogP contribution in [0.4, 0.5) is 10.1 Å². The Morgan fingerprint density at radius 3 is 2.62 bits per heavy atom. The second kappa shape index (κ2) is 9.01. The van der Waals surface area contributed by atoms with Crippen molar-refractivity contribution in [2.75, 3.05) is 31.6 Å². The lowest BCUT2D eigenvalue weighted by Gasteiger charge is -2.31. The van der Waals surface area contributed by atoms with Crippen molar-refractivity contribution >= 4 is 23.2 Å². The molecule has 0 bridgehead atoms. The minimum atomic E-state index is -0.349. The van der Waals surface area contributed by atoms with Crippen LogP contribution in [0.2, 0.25) is 5.02 Å². The minimum Gasteiger partial charge on any atom is -0.492 e. The summed E-state index contributed by atoms with van der Waals surface area (Å²) in [6.07, 6.45) is 1.59. The van der Waals surface area contributed by atoms with Crippen molar-refractivity contribution in [2.24, 2.45) is 5.92 Å². The highest BCUT2D eigenvalue weighted by molar-refractivity contribution is 6.30. The van der Waals surface area contributed by atoms with Gasteiger partial charge in [-0.1, -0.05) is 17.7 Å². The summed E-state index contributed by atoms with van der Waals surface area (Å²) in [5, 5.41) is 3.49. The lowest BCUT2D eigenvalue weighted by molar-refractivity contribution is -0.121. The molecule has 1 N–H and O–H groups in total. The molecule has 1 aliphatic heterocycles. The van der Waals surface area contributed by atoms with E-state index in [2.05, 4.69) is 10.2 Å². The number of likely N-dealkylation sites (tertiary alicyclic amines) is 1. The highest BCUT2D eigenvalue weighted by Gasteiger charge is 2.24. The van der Waals surface area contributed by atoms with E-state index in [1.54, 1.807) is 24.3 Å². The van der Waals surface area contributed by atoms with Crippen LogP contribution in [0, 0.1) is 11.7 Å². The number of ether oxygens (including phenoxy) is 1. The first-order valence-electron chi connectivity index (χ1n) is 8.77. The first-order valence-corrected chi connectivity index (χ1v) is 9.15. The quantitative estimate of drug-likeness (QED) is 0.821. The van der Waals surface area contributed by atoms with E-state index in [9.17, 15) is 9.18 Å². The summed E-state index contributed by atoms with van der Waals surface area (Å²) in [6.45, 7) is 3.12. The lowest BCUT2D eigenvalue weighted by Crippen LogP contribution is -2.39. The van der Waals surface area contributed by atoms with Crippen molar-refractivity contribution in [2.45, 2.75) is 12.8 Å². The largest absolute Gasteiger partial charge is 0.492 e. The molecule has 4 nitrogen and oxygen atoms in total. The summed E-state index contributed by atoms with van der Waals surface area (Å²) < 4.78 is 18.9. The summed E-state index contributed by atoms with van der Waals surface area (Å²) in [7, 11) is 0. The summed E-state index contributed by atoms with van der Waals surface area (Å²) in [4.78, 5) is 14.6. The molecule has 1 fully saturated rings. The van der Waals surface area contributed by atoms with Gasteiger partial charge in [0.2, 0.25) is 5.91 Å². The zero-order valence-corrected chi connectivity index (χ0v) is 15.2. The molecule has 138 valence electrons. The Labute approximate surface area is 157 Å². The van der Waals surface area contributed by atoms with Gasteiger partial charge in [-0.05, 0) is 68.4 Å². The van der Waals surface area contributed by atoms with E-state index in [1.807, 2.05) is 12.1 Å². The number of anilines is 1. The van der Waals surface area contributed by atoms with Gasteiger partial charge < -0.3 is 10.1 Å². The zero-order chi connectivity index (χ0) is 18.4. The second-order valence-electron chi connectivity index (χ2n) is 6.42. The Balaban J connectivity index is 1.38. The third-order valence-corrected chi connectivity index (χ3v) is 4.79. The monoisotopic (exact) mass is 376 g/mol. The van der Waals surface area contributed by atoms with E-state index < -0.39 is 0 Å². The maximum atomic E-state index is 13.2. The molecule has 1 amide bonds. The van der Waals surface area contributed by atoms with Gasteiger partial charge in [-0.15, -0.1) is 0 Å². The number of amides is 1. The van der Waals surface area contributed by atoms with Crippen molar-refractivity contribution in [3.05, 3.63) is 59.4 Å². The topological polar surface area (TPSA) is 41.6 Å². The molecule has 0 aromatic heterocycles. The van der Waals surface area contributed by atoms with Gasteiger partial charge in [0.25, 0.3) is 0 Å². The van der Waals surface area contributed by atoms with Gasteiger partial charge in [-0.3, -0.25) is 9.69 Å². The molecule has 26 heavy (non-hydrogen) atoms. The highest BCUT2D eigenvalue weighted by Crippen LogP contribution is 2.20. The van der Waals surface area contributed by atoms with Gasteiger partial charge in [0.15, 0.2) is 0 Å². The fraction of sp³-hybridized carbons (Fsp3) is 0.350. The van der Waals surface area contributed by atoms with Gasteiger partial charge in [0.05, 0.1) is 0 Å². The van der Waals surface area contributed by atoms with E-state index >= 15 is 0 Å². The molecular weight excluding hydrogens is 355 g/mol. The summed E-state index contributed by atoms with van der Waals surface area (Å²) in [6, 6.07) is 13.3. The van der Waals surface area contributed by atoms with Crippen LogP contribution in [0.15, 0.2) is 48.5 Å². The Morgan fingerprint density at radius 1 is 1.19 bits per heavy atom. The Morgan fingerprint density at radius 2 is 1.92 bits per heavy atom. The summed E-state index contributed by atoms with van der Waals surface area (Å²) in [5.41, 5.74) is 0.508. The number of hydrogen-bond acceptors (Lipinski definition) is 3. The fourth-order valence-electron chi connectivity index (χ4n) is 3.05. The third kappa shape index (κ3) is 5.44. The predicted octanol–water partition coefficient (Wildman–Crippen LogP) is 4.21. The lowest BCUT2D eigenvalue weighted by atomic mass is 9.96. The highest BCUT2D eigenvalue weighted by atomic mass is 35.5. The van der Waals surface area contributed by atoms with Gasteiger partial charge in [-0.25, -0.2) is 4.39 Å². The molecule has 0 spiro atoms. The molecule has 1 aliphatic rings. The normalized spacial score (nSPS) is 15.6. The average Bonchev–Trinajstić information content (AvgIpc) is 2.64. The van der Waals surface area contributed by atoms with E-state index in [4.69, 9.17) is 16.3 Å². The van der Waals surface area contributed by atoms with Crippen molar-refractivity contribution < 1.29 is 13.9 Å². The van der Waals surface area contributed by atoms with Gasteiger partial charge >= 0.3 is 0 Å².